The van der Waals surface area contributed by atoms with Crippen molar-refractivity contribution < 1.29 is 0 Å². The van der Waals surface area contributed by atoms with E-state index in [1.54, 1.807) is 0 Å². The van der Waals surface area contributed by atoms with E-state index in [0.717, 1.165) is 23.8 Å². The quantitative estimate of drug-likeness (QED) is 0.797. The first-order chi connectivity index (χ1) is 11.7. The van der Waals surface area contributed by atoms with E-state index in [-0.39, 0.29) is 6.04 Å². The molecule has 1 aliphatic rings. The Kier molecular flexibility index (Phi) is 3.86. The SMILES string of the molecule is CN(Cc1cnc2ccc(Cl)cn12)C1=NCC(c2ccccc2)N1. The number of imidazole rings is 1. The van der Waals surface area contributed by atoms with Crippen LogP contribution in [0.25, 0.3) is 5.65 Å². The number of rotatable bonds is 3. The summed E-state index contributed by atoms with van der Waals surface area (Å²) >= 11 is 6.10. The number of fused-ring (bicyclic) bond motifs is 1. The number of aliphatic imine (C=N–C) groups is 1. The van der Waals surface area contributed by atoms with Crippen LogP contribution in [0.4, 0.5) is 0 Å². The van der Waals surface area contributed by atoms with E-state index in [1.807, 2.05) is 42.0 Å². The molecule has 1 aromatic carbocycles. The van der Waals surface area contributed by atoms with Gasteiger partial charge in [-0.2, -0.15) is 0 Å². The lowest BCUT2D eigenvalue weighted by Gasteiger charge is -2.21. The van der Waals surface area contributed by atoms with Gasteiger partial charge in [0.15, 0.2) is 5.96 Å². The highest BCUT2D eigenvalue weighted by Gasteiger charge is 2.22. The van der Waals surface area contributed by atoms with Gasteiger partial charge in [0.1, 0.15) is 5.65 Å². The maximum atomic E-state index is 6.10. The van der Waals surface area contributed by atoms with Gasteiger partial charge in [-0.05, 0) is 17.7 Å². The maximum absolute atomic E-state index is 6.10. The lowest BCUT2D eigenvalue weighted by atomic mass is 10.1. The van der Waals surface area contributed by atoms with Crippen molar-refractivity contribution in [1.82, 2.24) is 19.6 Å². The van der Waals surface area contributed by atoms with Crippen molar-refractivity contribution >= 4 is 23.2 Å². The summed E-state index contributed by atoms with van der Waals surface area (Å²) in [5.41, 5.74) is 3.22. The fraction of sp³-hybridized carbons (Fsp3) is 0.222. The summed E-state index contributed by atoms with van der Waals surface area (Å²) in [7, 11) is 2.03. The molecule has 0 spiro atoms. The van der Waals surface area contributed by atoms with E-state index in [9.17, 15) is 0 Å². The molecule has 0 saturated heterocycles. The van der Waals surface area contributed by atoms with Crippen molar-refractivity contribution in [1.29, 1.82) is 0 Å². The molecule has 1 N–H and O–H groups in total. The Labute approximate surface area is 145 Å². The van der Waals surface area contributed by atoms with Gasteiger partial charge >= 0.3 is 0 Å². The van der Waals surface area contributed by atoms with E-state index >= 15 is 0 Å². The summed E-state index contributed by atoms with van der Waals surface area (Å²) in [5.74, 6) is 0.904. The first kappa shape index (κ1) is 15.0. The number of halogens is 1. The van der Waals surface area contributed by atoms with E-state index in [2.05, 4.69) is 44.5 Å². The second-order valence-corrected chi connectivity index (χ2v) is 6.39. The Balaban J connectivity index is 1.48. The van der Waals surface area contributed by atoms with Crippen LogP contribution in [0.2, 0.25) is 5.02 Å². The molecule has 2 aromatic heterocycles. The Bertz CT molecular complexity index is 887. The second-order valence-electron chi connectivity index (χ2n) is 5.95. The molecule has 0 amide bonds. The molecule has 1 unspecified atom stereocenters. The monoisotopic (exact) mass is 339 g/mol. The van der Waals surface area contributed by atoms with E-state index in [1.165, 1.54) is 5.56 Å². The first-order valence-electron chi connectivity index (χ1n) is 7.89. The largest absolute Gasteiger partial charge is 0.348 e. The Morgan fingerprint density at radius 1 is 1.25 bits per heavy atom. The van der Waals surface area contributed by atoms with E-state index < -0.39 is 0 Å². The summed E-state index contributed by atoms with van der Waals surface area (Å²) in [6.45, 7) is 1.46. The van der Waals surface area contributed by atoms with Gasteiger partial charge in [0.2, 0.25) is 0 Å². The molecule has 0 fully saturated rings. The van der Waals surface area contributed by atoms with Crippen molar-refractivity contribution in [3.8, 4) is 0 Å². The first-order valence-corrected chi connectivity index (χ1v) is 8.27. The molecule has 5 nitrogen and oxygen atoms in total. The van der Waals surface area contributed by atoms with Gasteiger partial charge in [0, 0.05) is 13.2 Å². The number of aromatic nitrogens is 2. The normalized spacial score (nSPS) is 16.9. The van der Waals surface area contributed by atoms with Gasteiger partial charge in [0.25, 0.3) is 0 Å². The summed E-state index contributed by atoms with van der Waals surface area (Å²) in [6, 6.07) is 14.4. The number of benzene rings is 1. The molecule has 6 heteroatoms. The average Bonchev–Trinajstić information content (AvgIpc) is 3.23. The van der Waals surface area contributed by atoms with Crippen LogP contribution in [0.1, 0.15) is 17.3 Å². The molecule has 24 heavy (non-hydrogen) atoms. The Morgan fingerprint density at radius 3 is 2.92 bits per heavy atom. The van der Waals surface area contributed by atoms with Gasteiger partial charge in [-0.1, -0.05) is 41.9 Å². The molecule has 0 aliphatic carbocycles. The van der Waals surface area contributed by atoms with Crippen LogP contribution in [-0.2, 0) is 6.54 Å². The average molecular weight is 340 g/mol. The molecule has 0 saturated carbocycles. The van der Waals surface area contributed by atoms with Crippen LogP contribution < -0.4 is 5.32 Å². The van der Waals surface area contributed by atoms with Crippen molar-refractivity contribution in [3.05, 3.63) is 71.1 Å². The lowest BCUT2D eigenvalue weighted by Crippen LogP contribution is -2.36. The maximum Gasteiger partial charge on any atom is 0.194 e. The molecule has 0 bridgehead atoms. The zero-order chi connectivity index (χ0) is 16.5. The van der Waals surface area contributed by atoms with Crippen LogP contribution in [-0.4, -0.2) is 33.8 Å². The van der Waals surface area contributed by atoms with Crippen molar-refractivity contribution in [2.24, 2.45) is 4.99 Å². The van der Waals surface area contributed by atoms with Crippen LogP contribution in [0.15, 0.2) is 59.9 Å². The molecule has 0 radical (unpaired) electrons. The fourth-order valence-electron chi connectivity index (χ4n) is 2.97. The molecular formula is C18H18ClN5. The zero-order valence-electron chi connectivity index (χ0n) is 13.4. The Morgan fingerprint density at radius 2 is 2.08 bits per heavy atom. The minimum atomic E-state index is 0.236. The molecule has 4 rings (SSSR count). The zero-order valence-corrected chi connectivity index (χ0v) is 14.1. The molecule has 1 atom stereocenters. The highest BCUT2D eigenvalue weighted by Crippen LogP contribution is 2.19. The molecule has 122 valence electrons. The summed E-state index contributed by atoms with van der Waals surface area (Å²) in [6.07, 6.45) is 3.77. The van der Waals surface area contributed by atoms with E-state index in [4.69, 9.17) is 11.6 Å². The summed E-state index contributed by atoms with van der Waals surface area (Å²) in [5, 5.41) is 4.20. The van der Waals surface area contributed by atoms with Crippen LogP contribution in [0, 0.1) is 0 Å². The van der Waals surface area contributed by atoms with Gasteiger partial charge in [0.05, 0.1) is 36.0 Å². The molecule has 3 aromatic rings. The van der Waals surface area contributed by atoms with Crippen molar-refractivity contribution in [2.45, 2.75) is 12.6 Å². The number of hydrogen-bond acceptors (Lipinski definition) is 4. The molecule has 1 aliphatic heterocycles. The third-order valence-electron chi connectivity index (χ3n) is 4.24. The van der Waals surface area contributed by atoms with Crippen molar-refractivity contribution in [2.75, 3.05) is 13.6 Å². The number of hydrogen-bond donors (Lipinski definition) is 1. The fourth-order valence-corrected chi connectivity index (χ4v) is 3.13. The molecular weight excluding hydrogens is 322 g/mol. The van der Waals surface area contributed by atoms with Gasteiger partial charge < -0.3 is 14.6 Å². The minimum absolute atomic E-state index is 0.236. The van der Waals surface area contributed by atoms with Crippen molar-refractivity contribution in [3.63, 3.8) is 0 Å². The van der Waals surface area contributed by atoms with Crippen LogP contribution >= 0.6 is 11.6 Å². The standard InChI is InChI=1S/C18H18ClN5/c1-23(12-15-9-20-17-8-7-14(19)11-24(15)17)18-21-10-16(22-18)13-5-3-2-4-6-13/h2-9,11,16H,10,12H2,1H3,(H,21,22). The predicted molar refractivity (Wildman–Crippen MR) is 96.3 cm³/mol. The second kappa shape index (κ2) is 6.17. The van der Waals surface area contributed by atoms with E-state index in [0.29, 0.717) is 11.6 Å². The smallest absolute Gasteiger partial charge is 0.194 e. The highest BCUT2D eigenvalue weighted by molar-refractivity contribution is 6.30. The minimum Gasteiger partial charge on any atom is -0.348 e. The number of nitrogens with zero attached hydrogens (tertiary/aromatic N) is 4. The number of pyridine rings is 1. The van der Waals surface area contributed by atoms with Crippen LogP contribution in [0.3, 0.4) is 0 Å². The van der Waals surface area contributed by atoms with Crippen LogP contribution in [0.5, 0.6) is 0 Å². The van der Waals surface area contributed by atoms with Gasteiger partial charge in [-0.25, -0.2) is 4.98 Å². The lowest BCUT2D eigenvalue weighted by molar-refractivity contribution is 0.471. The molecule has 3 heterocycles. The highest BCUT2D eigenvalue weighted by atomic mass is 35.5. The Hall–Kier alpha value is -2.53. The predicted octanol–water partition coefficient (Wildman–Crippen LogP) is 3.12. The topological polar surface area (TPSA) is 44.9 Å². The number of guanidine groups is 1. The summed E-state index contributed by atoms with van der Waals surface area (Å²) in [4.78, 5) is 11.2. The third-order valence-corrected chi connectivity index (χ3v) is 4.46. The van der Waals surface area contributed by atoms with Gasteiger partial charge in [-0.3, -0.25) is 4.99 Å². The number of nitrogens with one attached hydrogen (secondary N) is 1. The third kappa shape index (κ3) is 2.83. The summed E-state index contributed by atoms with van der Waals surface area (Å²) < 4.78 is 2.02. The van der Waals surface area contributed by atoms with Gasteiger partial charge in [-0.15, -0.1) is 0 Å².